The van der Waals surface area contributed by atoms with Gasteiger partial charge in [0.25, 0.3) is 0 Å². The summed E-state index contributed by atoms with van der Waals surface area (Å²) >= 11 is 2.01. The van der Waals surface area contributed by atoms with Crippen LogP contribution in [0.15, 0.2) is 30.5 Å². The van der Waals surface area contributed by atoms with E-state index in [1.54, 1.807) is 0 Å². The van der Waals surface area contributed by atoms with Crippen LogP contribution in [0.4, 0.5) is 0 Å². The van der Waals surface area contributed by atoms with Crippen molar-refractivity contribution < 1.29 is 0 Å². The third-order valence-corrected chi connectivity index (χ3v) is 3.81. The number of hydrogen-bond donors (Lipinski definition) is 0. The summed E-state index contributed by atoms with van der Waals surface area (Å²) in [6.45, 7) is 5.57. The molecule has 0 radical (unpaired) electrons. The predicted octanol–water partition coefficient (Wildman–Crippen LogP) is 3.96. The van der Waals surface area contributed by atoms with E-state index >= 15 is 0 Å². The number of fused-ring (bicyclic) bond motifs is 1. The molecule has 2 rings (SSSR count). The summed E-state index contributed by atoms with van der Waals surface area (Å²) in [5, 5.41) is 1.38. The number of benzene rings is 1. The van der Waals surface area contributed by atoms with Gasteiger partial charge < -0.3 is 4.57 Å². The van der Waals surface area contributed by atoms with E-state index in [-0.39, 0.29) is 0 Å². The number of nitrogens with zero attached hydrogens (tertiary/aromatic N) is 1. The fourth-order valence-electron chi connectivity index (χ4n) is 2.12. The first-order valence-corrected chi connectivity index (χ1v) is 7.16. The van der Waals surface area contributed by atoms with Crippen LogP contribution < -0.4 is 0 Å². The molecule has 0 unspecified atom stereocenters. The van der Waals surface area contributed by atoms with E-state index in [9.17, 15) is 0 Å². The average molecular weight is 233 g/mol. The summed E-state index contributed by atoms with van der Waals surface area (Å²) in [7, 11) is 0. The van der Waals surface area contributed by atoms with Gasteiger partial charge >= 0.3 is 0 Å². The Morgan fingerprint density at radius 1 is 1.19 bits per heavy atom. The summed E-state index contributed by atoms with van der Waals surface area (Å²) in [6.07, 6.45) is 3.34. The van der Waals surface area contributed by atoms with Crippen molar-refractivity contribution in [1.29, 1.82) is 0 Å². The maximum Gasteiger partial charge on any atom is 0.0512 e. The van der Waals surface area contributed by atoms with Gasteiger partial charge in [0.05, 0.1) is 5.52 Å². The normalized spacial score (nSPS) is 11.1. The molecule has 0 fully saturated rings. The first-order valence-electron chi connectivity index (χ1n) is 6.01. The minimum atomic E-state index is 1.11. The minimum absolute atomic E-state index is 1.11. The lowest BCUT2D eigenvalue weighted by Crippen LogP contribution is -2.00. The molecule has 0 saturated heterocycles. The number of hydrogen-bond acceptors (Lipinski definition) is 1. The monoisotopic (exact) mass is 233 g/mol. The van der Waals surface area contributed by atoms with E-state index < -0.39 is 0 Å². The van der Waals surface area contributed by atoms with E-state index in [1.807, 2.05) is 11.8 Å². The molecule has 2 heteroatoms. The van der Waals surface area contributed by atoms with Crippen LogP contribution in [0.5, 0.6) is 0 Å². The molecule has 0 spiro atoms. The van der Waals surface area contributed by atoms with Crippen molar-refractivity contribution in [3.63, 3.8) is 0 Å². The molecule has 0 saturated carbocycles. The number of thioether (sulfide) groups is 1. The molecule has 1 aromatic carbocycles. The van der Waals surface area contributed by atoms with Crippen LogP contribution in [0.2, 0.25) is 0 Å². The topological polar surface area (TPSA) is 4.93 Å². The minimum Gasteiger partial charge on any atom is -0.346 e. The van der Waals surface area contributed by atoms with Crippen molar-refractivity contribution in [2.45, 2.75) is 26.8 Å². The summed E-state index contributed by atoms with van der Waals surface area (Å²) < 4.78 is 2.40. The van der Waals surface area contributed by atoms with E-state index in [2.05, 4.69) is 48.9 Å². The molecule has 0 amide bonds. The van der Waals surface area contributed by atoms with Gasteiger partial charge in [0, 0.05) is 18.5 Å². The second-order valence-corrected chi connectivity index (χ2v) is 5.31. The molecule has 0 bridgehead atoms. The second kappa shape index (κ2) is 5.44. The van der Waals surface area contributed by atoms with Crippen LogP contribution >= 0.6 is 11.8 Å². The van der Waals surface area contributed by atoms with Crippen molar-refractivity contribution in [2.24, 2.45) is 0 Å². The molecule has 0 aliphatic rings. The van der Waals surface area contributed by atoms with Crippen molar-refractivity contribution in [1.82, 2.24) is 4.57 Å². The predicted molar refractivity (Wildman–Crippen MR) is 74.3 cm³/mol. The van der Waals surface area contributed by atoms with Gasteiger partial charge in [-0.1, -0.05) is 32.0 Å². The molecule has 0 atom stereocenters. The fraction of sp³-hybridized carbons (Fsp3) is 0.429. The van der Waals surface area contributed by atoms with Gasteiger partial charge in [0.15, 0.2) is 0 Å². The largest absolute Gasteiger partial charge is 0.346 e. The Kier molecular flexibility index (Phi) is 3.94. The van der Waals surface area contributed by atoms with Crippen molar-refractivity contribution >= 4 is 22.7 Å². The Labute approximate surface area is 102 Å². The molecule has 1 aromatic heterocycles. The van der Waals surface area contributed by atoms with Crippen LogP contribution in [0.25, 0.3) is 10.9 Å². The number of rotatable bonds is 5. The molecule has 1 nitrogen and oxygen atoms in total. The zero-order valence-electron chi connectivity index (χ0n) is 10.1. The van der Waals surface area contributed by atoms with Crippen LogP contribution in [0.1, 0.15) is 19.4 Å². The molecule has 0 N–H and O–H groups in total. The summed E-state index contributed by atoms with van der Waals surface area (Å²) in [5.74, 6) is 2.41. The molecule has 2 aromatic rings. The van der Waals surface area contributed by atoms with Gasteiger partial charge in [-0.2, -0.15) is 11.8 Å². The van der Waals surface area contributed by atoms with Crippen molar-refractivity contribution in [3.8, 4) is 0 Å². The average Bonchev–Trinajstić information content (AvgIpc) is 2.73. The third-order valence-electron chi connectivity index (χ3n) is 2.93. The van der Waals surface area contributed by atoms with E-state index in [1.165, 1.54) is 28.0 Å². The zero-order chi connectivity index (χ0) is 11.4. The molecular formula is C14H19NS. The van der Waals surface area contributed by atoms with Gasteiger partial charge in [0.1, 0.15) is 0 Å². The number of para-hydroxylation sites is 1. The Morgan fingerprint density at radius 2 is 2.06 bits per heavy atom. The maximum absolute atomic E-state index is 2.40. The maximum atomic E-state index is 2.40. The van der Waals surface area contributed by atoms with Gasteiger partial charge in [0.2, 0.25) is 0 Å². The van der Waals surface area contributed by atoms with Crippen molar-refractivity contribution in [2.75, 3.05) is 11.5 Å². The zero-order valence-corrected chi connectivity index (χ0v) is 10.9. The quantitative estimate of drug-likeness (QED) is 0.708. The standard InChI is InChI=1S/C14H19NS/c1-3-12-6-5-7-13-8-9-15(14(12)13)10-11-16-4-2/h5-9H,3-4,10-11H2,1-2H3. The lowest BCUT2D eigenvalue weighted by Gasteiger charge is -2.08. The van der Waals surface area contributed by atoms with Crippen LogP contribution in [-0.4, -0.2) is 16.1 Å². The summed E-state index contributed by atoms with van der Waals surface area (Å²) in [6, 6.07) is 8.83. The second-order valence-electron chi connectivity index (χ2n) is 3.91. The molecule has 1 heterocycles. The Balaban J connectivity index is 2.30. The Morgan fingerprint density at radius 3 is 2.81 bits per heavy atom. The van der Waals surface area contributed by atoms with Crippen molar-refractivity contribution in [3.05, 3.63) is 36.0 Å². The fourth-order valence-corrected chi connectivity index (χ4v) is 2.73. The number of aryl methyl sites for hydroxylation is 2. The van der Waals surface area contributed by atoms with Gasteiger partial charge in [-0.05, 0) is 29.2 Å². The molecule has 16 heavy (non-hydrogen) atoms. The van der Waals surface area contributed by atoms with Crippen LogP contribution in [0.3, 0.4) is 0 Å². The Bertz CT molecular complexity index is 459. The highest BCUT2D eigenvalue weighted by atomic mass is 32.2. The highest BCUT2D eigenvalue weighted by molar-refractivity contribution is 7.99. The number of aromatic nitrogens is 1. The molecule has 0 aliphatic carbocycles. The third kappa shape index (κ3) is 2.27. The lowest BCUT2D eigenvalue weighted by atomic mass is 10.1. The highest BCUT2D eigenvalue weighted by Crippen LogP contribution is 2.21. The summed E-state index contributed by atoms with van der Waals surface area (Å²) in [4.78, 5) is 0. The molecular weight excluding hydrogens is 214 g/mol. The van der Waals surface area contributed by atoms with Gasteiger partial charge in [-0.15, -0.1) is 0 Å². The highest BCUT2D eigenvalue weighted by Gasteiger charge is 2.04. The van der Waals surface area contributed by atoms with Crippen LogP contribution in [-0.2, 0) is 13.0 Å². The smallest absolute Gasteiger partial charge is 0.0512 e. The Hall–Kier alpha value is -0.890. The summed E-state index contributed by atoms with van der Waals surface area (Å²) in [5.41, 5.74) is 2.89. The van der Waals surface area contributed by atoms with Gasteiger partial charge in [-0.3, -0.25) is 0 Å². The van der Waals surface area contributed by atoms with Crippen LogP contribution in [0, 0.1) is 0 Å². The van der Waals surface area contributed by atoms with E-state index in [4.69, 9.17) is 0 Å². The first kappa shape index (κ1) is 11.6. The molecule has 86 valence electrons. The first-order chi connectivity index (χ1) is 7.86. The van der Waals surface area contributed by atoms with E-state index in [0.29, 0.717) is 0 Å². The lowest BCUT2D eigenvalue weighted by molar-refractivity contribution is 0.803. The molecule has 0 aliphatic heterocycles. The van der Waals surface area contributed by atoms with E-state index in [0.717, 1.165) is 13.0 Å². The SMILES string of the molecule is CCSCCn1ccc2cccc(CC)c21. The van der Waals surface area contributed by atoms with Gasteiger partial charge in [-0.25, -0.2) is 0 Å².